The average molecular weight is 306 g/mol. The largest absolute Gasteiger partial charge is 0.489 e. The molecule has 0 aliphatic carbocycles. The number of hydrogen-bond acceptors (Lipinski definition) is 4. The van der Waals surface area contributed by atoms with Gasteiger partial charge in [-0.15, -0.1) is 0 Å². The number of nitrogens with two attached hydrogens (primary N) is 1. The molecule has 21 heavy (non-hydrogen) atoms. The summed E-state index contributed by atoms with van der Waals surface area (Å²) in [5.74, 6) is 0.361. The lowest BCUT2D eigenvalue weighted by atomic mass is 10.1. The zero-order valence-corrected chi connectivity index (χ0v) is 11.6. The highest BCUT2D eigenvalue weighted by atomic mass is 35.5. The molecule has 2 aromatic carbocycles. The molecule has 0 heterocycles. The molecule has 0 fully saturated rings. The van der Waals surface area contributed by atoms with Gasteiger partial charge in [-0.25, -0.2) is 0 Å². The predicted molar refractivity (Wildman–Crippen MR) is 79.9 cm³/mol. The third-order valence-electron chi connectivity index (χ3n) is 2.82. The highest BCUT2D eigenvalue weighted by Crippen LogP contribution is 2.28. The predicted octanol–water partition coefficient (Wildman–Crippen LogP) is 3.11. The van der Waals surface area contributed by atoms with E-state index in [4.69, 9.17) is 27.5 Å². The highest BCUT2D eigenvalue weighted by Gasteiger charge is 2.13. The Morgan fingerprint density at radius 2 is 2.05 bits per heavy atom. The van der Waals surface area contributed by atoms with Crippen LogP contribution in [0.5, 0.6) is 5.75 Å². The number of nitrogens with zero attached hydrogens (tertiary/aromatic N) is 1. The summed E-state index contributed by atoms with van der Waals surface area (Å²) in [6.45, 7) is 0.184. The standard InChI is InChI=1S/C14H12ClN3O3/c15-12-7-10(5-6-13(12)18(19)20)21-8-9-3-1-2-4-11(9)14(16)17/h1-7H,8H2,(H3,16,17). The quantitative estimate of drug-likeness (QED) is 0.383. The van der Waals surface area contributed by atoms with Crippen LogP contribution in [0, 0.1) is 15.5 Å². The van der Waals surface area contributed by atoms with Crippen molar-refractivity contribution in [2.45, 2.75) is 6.61 Å². The second-order valence-electron chi connectivity index (χ2n) is 4.23. The van der Waals surface area contributed by atoms with E-state index in [-0.39, 0.29) is 23.2 Å². The molecule has 2 rings (SSSR count). The van der Waals surface area contributed by atoms with Crippen molar-refractivity contribution < 1.29 is 9.66 Å². The van der Waals surface area contributed by atoms with Gasteiger partial charge in [0.05, 0.1) is 4.92 Å². The summed E-state index contributed by atoms with van der Waals surface area (Å²) in [6, 6.07) is 11.3. The molecule has 0 atom stereocenters. The van der Waals surface area contributed by atoms with E-state index in [9.17, 15) is 10.1 Å². The first-order valence-electron chi connectivity index (χ1n) is 5.98. The number of nitro benzene ring substituents is 1. The number of amidine groups is 1. The molecule has 0 bridgehead atoms. The van der Waals surface area contributed by atoms with Gasteiger partial charge in [-0.3, -0.25) is 15.5 Å². The maximum atomic E-state index is 10.7. The molecule has 6 nitrogen and oxygen atoms in total. The van der Waals surface area contributed by atoms with Gasteiger partial charge in [0.1, 0.15) is 23.2 Å². The number of rotatable bonds is 5. The van der Waals surface area contributed by atoms with Crippen molar-refractivity contribution >= 4 is 23.1 Å². The van der Waals surface area contributed by atoms with Crippen molar-refractivity contribution in [3.8, 4) is 5.75 Å². The Hall–Kier alpha value is -2.60. The Labute approximate surface area is 125 Å². The minimum atomic E-state index is -0.558. The third kappa shape index (κ3) is 3.49. The van der Waals surface area contributed by atoms with E-state index in [1.165, 1.54) is 18.2 Å². The van der Waals surface area contributed by atoms with Crippen molar-refractivity contribution in [3.05, 3.63) is 68.7 Å². The fourth-order valence-corrected chi connectivity index (χ4v) is 2.04. The molecule has 0 aromatic heterocycles. The fourth-order valence-electron chi connectivity index (χ4n) is 1.80. The Morgan fingerprint density at radius 1 is 1.33 bits per heavy atom. The minimum Gasteiger partial charge on any atom is -0.489 e. The lowest BCUT2D eigenvalue weighted by Crippen LogP contribution is -2.14. The first-order chi connectivity index (χ1) is 9.99. The molecule has 7 heteroatoms. The molecule has 3 N–H and O–H groups in total. The van der Waals surface area contributed by atoms with Crippen LogP contribution in [0.3, 0.4) is 0 Å². The van der Waals surface area contributed by atoms with E-state index in [2.05, 4.69) is 0 Å². The molecule has 0 aliphatic heterocycles. The molecule has 2 aromatic rings. The molecule has 0 amide bonds. The number of ether oxygens (including phenoxy) is 1. The van der Waals surface area contributed by atoms with Crippen LogP contribution in [0.15, 0.2) is 42.5 Å². The Morgan fingerprint density at radius 3 is 2.67 bits per heavy atom. The van der Waals surface area contributed by atoms with Crippen molar-refractivity contribution in [3.63, 3.8) is 0 Å². The molecular weight excluding hydrogens is 294 g/mol. The SMILES string of the molecule is N=C(N)c1ccccc1COc1ccc([N+](=O)[O-])c(Cl)c1. The monoisotopic (exact) mass is 305 g/mol. The van der Waals surface area contributed by atoms with Crippen LogP contribution >= 0.6 is 11.6 Å². The van der Waals surface area contributed by atoms with Crippen molar-refractivity contribution in [2.24, 2.45) is 5.73 Å². The summed E-state index contributed by atoms with van der Waals surface area (Å²) >= 11 is 5.81. The van der Waals surface area contributed by atoms with Crippen LogP contribution in [0.4, 0.5) is 5.69 Å². The smallest absolute Gasteiger partial charge is 0.288 e. The molecule has 0 spiro atoms. The van der Waals surface area contributed by atoms with Gasteiger partial charge in [0.15, 0.2) is 0 Å². The van der Waals surface area contributed by atoms with Crippen LogP contribution in [0.1, 0.15) is 11.1 Å². The third-order valence-corrected chi connectivity index (χ3v) is 3.12. The van der Waals surface area contributed by atoms with Gasteiger partial charge < -0.3 is 10.5 Å². The molecular formula is C14H12ClN3O3. The molecule has 0 radical (unpaired) electrons. The number of benzene rings is 2. The molecule has 0 saturated heterocycles. The van der Waals surface area contributed by atoms with Crippen molar-refractivity contribution in [1.29, 1.82) is 5.41 Å². The van der Waals surface area contributed by atoms with E-state index in [0.717, 1.165) is 5.56 Å². The first-order valence-corrected chi connectivity index (χ1v) is 6.36. The van der Waals surface area contributed by atoms with Gasteiger partial charge in [-0.2, -0.15) is 0 Å². The van der Waals surface area contributed by atoms with E-state index in [0.29, 0.717) is 11.3 Å². The van der Waals surface area contributed by atoms with Gasteiger partial charge in [0, 0.05) is 23.3 Å². The molecule has 0 saturated carbocycles. The molecule has 0 unspecified atom stereocenters. The topological polar surface area (TPSA) is 102 Å². The van der Waals surface area contributed by atoms with Crippen LogP contribution < -0.4 is 10.5 Å². The van der Waals surface area contributed by atoms with Gasteiger partial charge in [0.25, 0.3) is 5.69 Å². The van der Waals surface area contributed by atoms with E-state index in [1.54, 1.807) is 18.2 Å². The molecule has 108 valence electrons. The Kier molecular flexibility index (Phi) is 4.39. The summed E-state index contributed by atoms with van der Waals surface area (Å²) in [4.78, 5) is 10.1. The Balaban J connectivity index is 2.16. The number of halogens is 1. The number of hydrogen-bond donors (Lipinski definition) is 2. The van der Waals surface area contributed by atoms with Gasteiger partial charge in [-0.05, 0) is 6.07 Å². The summed E-state index contributed by atoms with van der Waals surface area (Å²) in [7, 11) is 0. The van der Waals surface area contributed by atoms with Crippen LogP contribution in [0.2, 0.25) is 5.02 Å². The summed E-state index contributed by atoms with van der Waals surface area (Å²) < 4.78 is 5.54. The van der Waals surface area contributed by atoms with Crippen LogP contribution in [-0.4, -0.2) is 10.8 Å². The van der Waals surface area contributed by atoms with E-state index in [1.807, 2.05) is 6.07 Å². The van der Waals surface area contributed by atoms with Crippen molar-refractivity contribution in [2.75, 3.05) is 0 Å². The lowest BCUT2D eigenvalue weighted by Gasteiger charge is -2.10. The minimum absolute atomic E-state index is 0.0114. The molecule has 0 aliphatic rings. The van der Waals surface area contributed by atoms with Crippen LogP contribution in [-0.2, 0) is 6.61 Å². The second kappa shape index (κ2) is 6.23. The van der Waals surface area contributed by atoms with Gasteiger partial charge >= 0.3 is 0 Å². The van der Waals surface area contributed by atoms with E-state index < -0.39 is 4.92 Å². The zero-order valence-electron chi connectivity index (χ0n) is 10.9. The average Bonchev–Trinajstić information content (AvgIpc) is 2.45. The second-order valence-corrected chi connectivity index (χ2v) is 4.64. The highest BCUT2D eigenvalue weighted by molar-refractivity contribution is 6.32. The summed E-state index contributed by atoms with van der Waals surface area (Å²) in [5, 5.41) is 18.2. The normalized spacial score (nSPS) is 10.1. The lowest BCUT2D eigenvalue weighted by molar-refractivity contribution is -0.384. The van der Waals surface area contributed by atoms with Crippen LogP contribution in [0.25, 0.3) is 0 Å². The van der Waals surface area contributed by atoms with Crippen molar-refractivity contribution in [1.82, 2.24) is 0 Å². The number of nitrogen functional groups attached to an aromatic ring is 1. The fraction of sp³-hybridized carbons (Fsp3) is 0.0714. The van der Waals surface area contributed by atoms with Gasteiger partial charge in [-0.1, -0.05) is 35.9 Å². The zero-order chi connectivity index (χ0) is 15.4. The number of nitrogens with one attached hydrogen (secondary N) is 1. The Bertz CT molecular complexity index is 704. The number of nitro groups is 1. The van der Waals surface area contributed by atoms with Gasteiger partial charge in [0.2, 0.25) is 0 Å². The summed E-state index contributed by atoms with van der Waals surface area (Å²) in [6.07, 6.45) is 0. The summed E-state index contributed by atoms with van der Waals surface area (Å²) in [5.41, 5.74) is 6.66. The maximum Gasteiger partial charge on any atom is 0.288 e. The maximum absolute atomic E-state index is 10.7. The first kappa shape index (κ1) is 14.8. The van der Waals surface area contributed by atoms with E-state index >= 15 is 0 Å².